The van der Waals surface area contributed by atoms with Crippen LogP contribution in [0, 0.1) is 0 Å². The molecular weight excluding hydrogens is 374 g/mol. The van der Waals surface area contributed by atoms with E-state index in [9.17, 15) is 14.4 Å². The fraction of sp³-hybridized carbons (Fsp3) is 0.238. The number of thiazole rings is 1. The van der Waals surface area contributed by atoms with Crippen molar-refractivity contribution in [1.82, 2.24) is 14.8 Å². The zero-order chi connectivity index (χ0) is 19.7. The summed E-state index contributed by atoms with van der Waals surface area (Å²) in [5.74, 6) is -1.13. The van der Waals surface area contributed by atoms with E-state index in [2.05, 4.69) is 4.98 Å². The van der Waals surface area contributed by atoms with Gasteiger partial charge in [0.2, 0.25) is 5.78 Å². The van der Waals surface area contributed by atoms with E-state index in [1.165, 1.54) is 11.3 Å². The molecule has 28 heavy (non-hydrogen) atoms. The average molecular weight is 393 g/mol. The molecule has 142 valence electrons. The minimum atomic E-state index is -0.537. The van der Waals surface area contributed by atoms with E-state index in [1.807, 2.05) is 31.2 Å². The summed E-state index contributed by atoms with van der Waals surface area (Å²) in [6.07, 6.45) is 0. The Balaban J connectivity index is 1.45. The van der Waals surface area contributed by atoms with Crippen LogP contribution in [-0.4, -0.2) is 58.1 Å². The number of hydrogen-bond acceptors (Lipinski definition) is 5. The molecule has 1 aromatic heterocycles. The highest BCUT2D eigenvalue weighted by Crippen LogP contribution is 2.20. The van der Waals surface area contributed by atoms with Crippen molar-refractivity contribution in [2.75, 3.05) is 19.6 Å². The summed E-state index contributed by atoms with van der Waals surface area (Å²) >= 11 is 1.49. The largest absolute Gasteiger partial charge is 0.335 e. The molecule has 1 fully saturated rings. The highest BCUT2D eigenvalue weighted by Gasteiger charge is 2.33. The van der Waals surface area contributed by atoms with E-state index in [-0.39, 0.29) is 11.9 Å². The predicted octanol–water partition coefficient (Wildman–Crippen LogP) is 2.85. The Kier molecular flexibility index (Phi) is 4.92. The number of Topliss-reactive ketones (excluding diaryl/α,β-unsaturated/α-hetero) is 1. The SMILES string of the molecule is C[C@@H]1CN(C(=O)c2ccccc2)CCN1C(=O)C(=O)c1ccc2scnc2c1. The first-order valence-corrected chi connectivity index (χ1v) is 9.95. The molecule has 4 rings (SSSR count). The summed E-state index contributed by atoms with van der Waals surface area (Å²) < 4.78 is 0.977. The number of aromatic nitrogens is 1. The van der Waals surface area contributed by atoms with Gasteiger partial charge in [0, 0.05) is 36.8 Å². The highest BCUT2D eigenvalue weighted by atomic mass is 32.1. The van der Waals surface area contributed by atoms with Gasteiger partial charge in [0.25, 0.3) is 11.8 Å². The number of fused-ring (bicyclic) bond motifs is 1. The maximum atomic E-state index is 12.8. The summed E-state index contributed by atoms with van der Waals surface area (Å²) in [4.78, 5) is 45.6. The van der Waals surface area contributed by atoms with Crippen molar-refractivity contribution < 1.29 is 14.4 Å². The summed E-state index contributed by atoms with van der Waals surface area (Å²) in [7, 11) is 0. The Morgan fingerprint density at radius 3 is 2.57 bits per heavy atom. The predicted molar refractivity (Wildman–Crippen MR) is 107 cm³/mol. The van der Waals surface area contributed by atoms with Gasteiger partial charge in [0.05, 0.1) is 15.7 Å². The summed E-state index contributed by atoms with van der Waals surface area (Å²) in [6.45, 7) is 3.00. The minimum absolute atomic E-state index is 0.0557. The Morgan fingerprint density at radius 2 is 1.82 bits per heavy atom. The lowest BCUT2D eigenvalue weighted by Crippen LogP contribution is -2.56. The molecule has 2 amide bonds. The Bertz CT molecular complexity index is 1050. The van der Waals surface area contributed by atoms with E-state index in [4.69, 9.17) is 0 Å². The van der Waals surface area contributed by atoms with Crippen molar-refractivity contribution in [2.24, 2.45) is 0 Å². The fourth-order valence-corrected chi connectivity index (χ4v) is 4.12. The third-order valence-corrected chi connectivity index (χ3v) is 5.79. The number of piperazine rings is 1. The second-order valence-corrected chi connectivity index (χ2v) is 7.72. The lowest BCUT2D eigenvalue weighted by molar-refractivity contribution is -0.130. The molecule has 0 spiro atoms. The first-order chi connectivity index (χ1) is 13.5. The minimum Gasteiger partial charge on any atom is -0.335 e. The summed E-state index contributed by atoms with van der Waals surface area (Å²) in [5.41, 5.74) is 3.40. The van der Waals surface area contributed by atoms with Gasteiger partial charge in [0.15, 0.2) is 0 Å². The van der Waals surface area contributed by atoms with Gasteiger partial charge in [-0.1, -0.05) is 18.2 Å². The standard InChI is InChI=1S/C21H19N3O3S/c1-14-12-23(20(26)15-5-3-2-4-6-15)9-10-24(14)21(27)19(25)16-7-8-18-17(11-16)22-13-28-18/h2-8,11,13-14H,9-10,12H2,1H3/t14-/m1/s1. The van der Waals surface area contributed by atoms with Crippen molar-refractivity contribution in [3.05, 3.63) is 65.2 Å². The molecular formula is C21H19N3O3S. The fourth-order valence-electron chi connectivity index (χ4n) is 3.46. The molecule has 3 aromatic rings. The average Bonchev–Trinajstić information content (AvgIpc) is 3.20. The van der Waals surface area contributed by atoms with Crippen molar-refractivity contribution in [1.29, 1.82) is 0 Å². The van der Waals surface area contributed by atoms with E-state index >= 15 is 0 Å². The summed E-state index contributed by atoms with van der Waals surface area (Å²) in [5, 5.41) is 0. The van der Waals surface area contributed by atoms with Crippen LogP contribution in [0.4, 0.5) is 0 Å². The van der Waals surface area contributed by atoms with E-state index in [0.29, 0.717) is 30.8 Å². The number of carbonyl (C=O) groups excluding carboxylic acids is 3. The van der Waals surface area contributed by atoms with Crippen LogP contribution in [0.2, 0.25) is 0 Å². The molecule has 7 heteroatoms. The van der Waals surface area contributed by atoms with Gasteiger partial charge >= 0.3 is 0 Å². The molecule has 2 heterocycles. The lowest BCUT2D eigenvalue weighted by atomic mass is 10.1. The quantitative estimate of drug-likeness (QED) is 0.507. The van der Waals surface area contributed by atoms with E-state index in [1.54, 1.807) is 39.6 Å². The molecule has 6 nitrogen and oxygen atoms in total. The van der Waals surface area contributed by atoms with Gasteiger partial charge < -0.3 is 9.80 Å². The number of carbonyl (C=O) groups is 3. The molecule has 0 N–H and O–H groups in total. The number of nitrogens with zero attached hydrogens (tertiary/aromatic N) is 3. The molecule has 0 unspecified atom stereocenters. The third kappa shape index (κ3) is 3.41. The van der Waals surface area contributed by atoms with Gasteiger partial charge in [-0.3, -0.25) is 14.4 Å². The van der Waals surface area contributed by atoms with Crippen molar-refractivity contribution in [3.8, 4) is 0 Å². The molecule has 1 aliphatic heterocycles. The first-order valence-electron chi connectivity index (χ1n) is 9.07. The van der Waals surface area contributed by atoms with E-state index < -0.39 is 11.7 Å². The zero-order valence-corrected chi connectivity index (χ0v) is 16.2. The number of amides is 2. The van der Waals surface area contributed by atoms with Crippen LogP contribution in [-0.2, 0) is 4.79 Å². The zero-order valence-electron chi connectivity index (χ0n) is 15.4. The molecule has 0 radical (unpaired) electrons. The molecule has 1 saturated heterocycles. The molecule has 1 aliphatic rings. The van der Waals surface area contributed by atoms with Crippen molar-refractivity contribution >= 4 is 39.2 Å². The Labute approximate surface area is 166 Å². The number of ketones is 1. The van der Waals surface area contributed by atoms with Crippen LogP contribution >= 0.6 is 11.3 Å². The van der Waals surface area contributed by atoms with Gasteiger partial charge in [-0.05, 0) is 37.3 Å². The topological polar surface area (TPSA) is 70.6 Å². The maximum absolute atomic E-state index is 12.8. The molecule has 0 aliphatic carbocycles. The molecule has 0 bridgehead atoms. The third-order valence-electron chi connectivity index (χ3n) is 4.98. The normalized spacial score (nSPS) is 17.0. The van der Waals surface area contributed by atoms with Crippen LogP contribution in [0.15, 0.2) is 54.0 Å². The first kappa shape index (κ1) is 18.3. The van der Waals surface area contributed by atoms with Crippen molar-refractivity contribution in [3.63, 3.8) is 0 Å². The van der Waals surface area contributed by atoms with E-state index in [0.717, 1.165) is 10.2 Å². The van der Waals surface area contributed by atoms with Gasteiger partial charge in [0.1, 0.15) is 0 Å². The van der Waals surface area contributed by atoms with Crippen LogP contribution < -0.4 is 0 Å². The number of rotatable bonds is 3. The monoisotopic (exact) mass is 393 g/mol. The Hall–Kier alpha value is -3.06. The van der Waals surface area contributed by atoms with Gasteiger partial charge in [-0.15, -0.1) is 11.3 Å². The van der Waals surface area contributed by atoms with Crippen molar-refractivity contribution in [2.45, 2.75) is 13.0 Å². The Morgan fingerprint density at radius 1 is 1.04 bits per heavy atom. The van der Waals surface area contributed by atoms with Gasteiger partial charge in [-0.2, -0.15) is 0 Å². The smallest absolute Gasteiger partial charge is 0.295 e. The van der Waals surface area contributed by atoms with Crippen LogP contribution in [0.3, 0.4) is 0 Å². The highest BCUT2D eigenvalue weighted by molar-refractivity contribution is 7.16. The lowest BCUT2D eigenvalue weighted by Gasteiger charge is -2.39. The molecule has 2 aromatic carbocycles. The second-order valence-electron chi connectivity index (χ2n) is 6.83. The maximum Gasteiger partial charge on any atom is 0.295 e. The van der Waals surface area contributed by atoms with Crippen LogP contribution in [0.5, 0.6) is 0 Å². The number of hydrogen-bond donors (Lipinski definition) is 0. The molecule has 0 saturated carbocycles. The summed E-state index contributed by atoms with van der Waals surface area (Å²) in [6, 6.07) is 14.0. The van der Waals surface area contributed by atoms with Crippen LogP contribution in [0.1, 0.15) is 27.6 Å². The van der Waals surface area contributed by atoms with Gasteiger partial charge in [-0.25, -0.2) is 4.98 Å². The van der Waals surface area contributed by atoms with Crippen LogP contribution in [0.25, 0.3) is 10.2 Å². The molecule has 1 atom stereocenters. The number of benzene rings is 2. The second kappa shape index (κ2) is 7.52.